The van der Waals surface area contributed by atoms with E-state index < -0.39 is 0 Å². The summed E-state index contributed by atoms with van der Waals surface area (Å²) in [6, 6.07) is 0.615. The fraction of sp³-hybridized carbons (Fsp3) is 0.714. The lowest BCUT2D eigenvalue weighted by atomic mass is 10.0. The fourth-order valence-corrected chi connectivity index (χ4v) is 3.95. The number of nitrogens with zero attached hydrogens (tertiary/aromatic N) is 2. The Labute approximate surface area is 123 Å². The number of nitrogens with one attached hydrogen (secondary N) is 1. The molecular formula is C14H22N4OS. The number of hydrogen-bond donors (Lipinski definition) is 2. The van der Waals surface area contributed by atoms with Gasteiger partial charge in [-0.05, 0) is 39.2 Å². The molecule has 1 aliphatic heterocycles. The third-order valence-corrected chi connectivity index (χ3v) is 5.33. The number of likely N-dealkylation sites (tertiary alicyclic amines) is 1. The van der Waals surface area contributed by atoms with Crippen LogP contribution in [0.25, 0.3) is 0 Å². The van der Waals surface area contributed by atoms with Crippen LogP contribution in [0.4, 0.5) is 0 Å². The first-order valence-electron chi connectivity index (χ1n) is 7.43. The van der Waals surface area contributed by atoms with Crippen LogP contribution in [0.5, 0.6) is 0 Å². The highest BCUT2D eigenvalue weighted by atomic mass is 32.1. The normalized spacial score (nSPS) is 23.8. The predicted molar refractivity (Wildman–Crippen MR) is 79.5 cm³/mol. The van der Waals surface area contributed by atoms with Crippen molar-refractivity contribution in [3.63, 3.8) is 0 Å². The summed E-state index contributed by atoms with van der Waals surface area (Å²) in [5.41, 5.74) is 3.22. The van der Waals surface area contributed by atoms with Gasteiger partial charge >= 0.3 is 0 Å². The molecule has 1 saturated carbocycles. The summed E-state index contributed by atoms with van der Waals surface area (Å²) in [7, 11) is 0. The number of hydrogen-bond acceptors (Lipinski definition) is 5. The van der Waals surface area contributed by atoms with E-state index in [0.29, 0.717) is 12.0 Å². The molecule has 2 fully saturated rings. The molecule has 110 valence electrons. The minimum atomic E-state index is -0.192. The molecule has 1 aliphatic carbocycles. The lowest BCUT2D eigenvalue weighted by molar-refractivity contribution is 0.0956. The summed E-state index contributed by atoms with van der Waals surface area (Å²) < 4.78 is 0. The molecule has 3 N–H and O–H groups in total. The van der Waals surface area contributed by atoms with Crippen LogP contribution < -0.4 is 11.3 Å². The van der Waals surface area contributed by atoms with Gasteiger partial charge in [-0.15, -0.1) is 11.3 Å². The number of carbonyl (C=O) groups excluding carboxylic acids is 1. The van der Waals surface area contributed by atoms with Crippen molar-refractivity contribution in [3.05, 3.63) is 15.6 Å². The number of thiazole rings is 1. The number of piperidine rings is 1. The first kappa shape index (κ1) is 14.0. The zero-order valence-electron chi connectivity index (χ0n) is 11.9. The number of nitrogens with two attached hydrogens (primary N) is 1. The van der Waals surface area contributed by atoms with Crippen molar-refractivity contribution < 1.29 is 4.79 Å². The van der Waals surface area contributed by atoms with Crippen LogP contribution in [-0.4, -0.2) is 28.4 Å². The van der Waals surface area contributed by atoms with E-state index in [-0.39, 0.29) is 5.91 Å². The highest BCUT2D eigenvalue weighted by molar-refractivity contribution is 7.13. The third-order valence-electron chi connectivity index (χ3n) is 4.28. The Morgan fingerprint density at radius 1 is 1.45 bits per heavy atom. The van der Waals surface area contributed by atoms with Crippen LogP contribution in [-0.2, 0) is 6.54 Å². The minimum Gasteiger partial charge on any atom is -0.294 e. The first-order valence-corrected chi connectivity index (χ1v) is 8.25. The van der Waals surface area contributed by atoms with Crippen molar-refractivity contribution in [1.29, 1.82) is 0 Å². The van der Waals surface area contributed by atoms with Gasteiger partial charge in [0.2, 0.25) is 0 Å². The van der Waals surface area contributed by atoms with E-state index >= 15 is 0 Å². The van der Waals surface area contributed by atoms with Gasteiger partial charge in [-0.2, -0.15) is 0 Å². The number of rotatable bonds is 4. The predicted octanol–water partition coefficient (Wildman–Crippen LogP) is 2.00. The number of carbonyl (C=O) groups is 1. The number of aromatic nitrogens is 1. The van der Waals surface area contributed by atoms with Crippen LogP contribution in [0.1, 0.15) is 65.3 Å². The molecular weight excluding hydrogens is 272 g/mol. The molecule has 6 heteroatoms. The summed E-state index contributed by atoms with van der Waals surface area (Å²) in [6.45, 7) is 4.28. The Kier molecular flexibility index (Phi) is 4.05. The Morgan fingerprint density at radius 2 is 2.25 bits per heavy atom. The molecule has 5 nitrogen and oxygen atoms in total. The molecule has 1 atom stereocenters. The monoisotopic (exact) mass is 294 g/mol. The SMILES string of the molecule is CC1CCCCN1Cc1nc(C2CC2)c(C(=O)NN)s1. The maximum absolute atomic E-state index is 11.9. The average molecular weight is 294 g/mol. The second-order valence-corrected chi connectivity index (χ2v) is 6.97. The molecule has 0 bridgehead atoms. The van der Waals surface area contributed by atoms with Gasteiger partial charge in [-0.3, -0.25) is 15.1 Å². The summed E-state index contributed by atoms with van der Waals surface area (Å²) >= 11 is 1.51. The van der Waals surface area contributed by atoms with Gasteiger partial charge in [0.25, 0.3) is 5.91 Å². The van der Waals surface area contributed by atoms with E-state index in [2.05, 4.69) is 17.2 Å². The lowest BCUT2D eigenvalue weighted by Crippen LogP contribution is -2.36. The van der Waals surface area contributed by atoms with E-state index in [1.54, 1.807) is 0 Å². The summed E-state index contributed by atoms with van der Waals surface area (Å²) in [4.78, 5) is 19.8. The zero-order chi connectivity index (χ0) is 14.1. The zero-order valence-corrected chi connectivity index (χ0v) is 12.7. The van der Waals surface area contributed by atoms with Crippen molar-refractivity contribution in [2.75, 3.05) is 6.54 Å². The fourth-order valence-electron chi connectivity index (χ4n) is 2.87. The van der Waals surface area contributed by atoms with Gasteiger partial charge in [-0.1, -0.05) is 6.42 Å². The molecule has 0 aromatic carbocycles. The van der Waals surface area contributed by atoms with Crippen LogP contribution in [0.3, 0.4) is 0 Å². The highest BCUT2D eigenvalue weighted by Gasteiger charge is 2.32. The molecule has 2 heterocycles. The maximum Gasteiger partial charge on any atom is 0.277 e. The van der Waals surface area contributed by atoms with Crippen LogP contribution >= 0.6 is 11.3 Å². The van der Waals surface area contributed by atoms with E-state index in [0.717, 1.165) is 41.5 Å². The van der Waals surface area contributed by atoms with Gasteiger partial charge in [0.05, 0.1) is 12.2 Å². The van der Waals surface area contributed by atoms with Crippen LogP contribution in [0.2, 0.25) is 0 Å². The molecule has 20 heavy (non-hydrogen) atoms. The summed E-state index contributed by atoms with van der Waals surface area (Å²) in [5.74, 6) is 5.56. The molecule has 1 aromatic heterocycles. The van der Waals surface area contributed by atoms with Gasteiger partial charge in [0, 0.05) is 12.0 Å². The lowest BCUT2D eigenvalue weighted by Gasteiger charge is -2.32. The Morgan fingerprint density at radius 3 is 2.90 bits per heavy atom. The number of amides is 1. The molecule has 1 amide bonds. The molecule has 1 unspecified atom stereocenters. The maximum atomic E-state index is 11.9. The van der Waals surface area contributed by atoms with Crippen LogP contribution in [0.15, 0.2) is 0 Å². The van der Waals surface area contributed by atoms with Crippen molar-refractivity contribution in [2.45, 2.75) is 57.5 Å². The standard InChI is InChI=1S/C14H22N4OS/c1-9-4-2-3-7-18(9)8-11-16-12(10-5-6-10)13(20-11)14(19)17-15/h9-10H,2-8,15H2,1H3,(H,17,19). The van der Waals surface area contributed by atoms with E-state index in [1.807, 2.05) is 0 Å². The molecule has 1 aromatic rings. The quantitative estimate of drug-likeness (QED) is 0.506. The third kappa shape index (κ3) is 2.87. The van der Waals surface area contributed by atoms with E-state index in [1.165, 1.54) is 30.6 Å². The largest absolute Gasteiger partial charge is 0.294 e. The van der Waals surface area contributed by atoms with Crippen molar-refractivity contribution in [1.82, 2.24) is 15.3 Å². The summed E-state index contributed by atoms with van der Waals surface area (Å²) in [6.07, 6.45) is 6.14. The van der Waals surface area contributed by atoms with Gasteiger partial charge in [-0.25, -0.2) is 10.8 Å². The van der Waals surface area contributed by atoms with Crippen LogP contribution in [0, 0.1) is 0 Å². The van der Waals surface area contributed by atoms with Gasteiger partial charge in [0.1, 0.15) is 9.88 Å². The van der Waals surface area contributed by atoms with E-state index in [9.17, 15) is 4.79 Å². The molecule has 0 radical (unpaired) electrons. The van der Waals surface area contributed by atoms with Gasteiger partial charge in [0.15, 0.2) is 0 Å². The van der Waals surface area contributed by atoms with Crippen molar-refractivity contribution in [2.24, 2.45) is 5.84 Å². The Balaban J connectivity index is 1.77. The summed E-state index contributed by atoms with van der Waals surface area (Å²) in [5, 5.41) is 1.05. The Hall–Kier alpha value is -0.980. The highest BCUT2D eigenvalue weighted by Crippen LogP contribution is 2.42. The topological polar surface area (TPSA) is 71.2 Å². The second kappa shape index (κ2) is 5.79. The Bertz CT molecular complexity index is 497. The molecule has 3 rings (SSSR count). The molecule has 0 spiro atoms. The second-order valence-electron chi connectivity index (χ2n) is 5.88. The minimum absolute atomic E-state index is 0.192. The average Bonchev–Trinajstić information content (AvgIpc) is 3.22. The number of nitrogen functional groups attached to an aromatic ring is 1. The number of hydrazine groups is 1. The molecule has 1 saturated heterocycles. The van der Waals surface area contributed by atoms with Gasteiger partial charge < -0.3 is 0 Å². The van der Waals surface area contributed by atoms with Crippen molar-refractivity contribution >= 4 is 17.2 Å². The van der Waals surface area contributed by atoms with E-state index in [4.69, 9.17) is 10.8 Å². The first-order chi connectivity index (χ1) is 9.69. The smallest absolute Gasteiger partial charge is 0.277 e. The van der Waals surface area contributed by atoms with Crippen molar-refractivity contribution in [3.8, 4) is 0 Å². The molecule has 2 aliphatic rings.